The first-order valence-corrected chi connectivity index (χ1v) is 3.40. The van der Waals surface area contributed by atoms with Gasteiger partial charge in [0.2, 0.25) is 0 Å². The summed E-state index contributed by atoms with van der Waals surface area (Å²) in [4.78, 5) is 0. The largest absolute Gasteiger partial charge is 0.390 e. The van der Waals surface area contributed by atoms with Crippen LogP contribution in [-0.4, -0.2) is 10.7 Å². The van der Waals surface area contributed by atoms with Gasteiger partial charge in [-0.3, -0.25) is 0 Å². The van der Waals surface area contributed by atoms with Gasteiger partial charge in [-0.05, 0) is 38.0 Å². The lowest BCUT2D eigenvalue weighted by Crippen LogP contribution is -2.20. The van der Waals surface area contributed by atoms with Gasteiger partial charge < -0.3 is 5.11 Å². The van der Waals surface area contributed by atoms with E-state index in [2.05, 4.69) is 0 Å². The average molecular weight is 112 g/mol. The quantitative estimate of drug-likeness (QED) is 0.498. The van der Waals surface area contributed by atoms with Crippen molar-refractivity contribution < 1.29 is 5.11 Å². The third-order valence-corrected chi connectivity index (χ3v) is 2.47. The molecule has 0 radical (unpaired) electrons. The van der Waals surface area contributed by atoms with Gasteiger partial charge in [0.15, 0.2) is 0 Å². The number of hydrogen-bond acceptors (Lipinski definition) is 1. The molecule has 2 saturated carbocycles. The van der Waals surface area contributed by atoms with Crippen LogP contribution in [0.3, 0.4) is 0 Å². The molecule has 2 aliphatic rings. The van der Waals surface area contributed by atoms with E-state index in [0.29, 0.717) is 0 Å². The van der Waals surface area contributed by atoms with Crippen molar-refractivity contribution in [3.8, 4) is 0 Å². The highest BCUT2D eigenvalue weighted by molar-refractivity contribution is 5.01. The zero-order valence-corrected chi connectivity index (χ0v) is 5.22. The fraction of sp³-hybridized carbons (Fsp3) is 1.00. The van der Waals surface area contributed by atoms with Crippen molar-refractivity contribution in [1.82, 2.24) is 0 Å². The zero-order valence-electron chi connectivity index (χ0n) is 5.22. The fourth-order valence-corrected chi connectivity index (χ4v) is 2.02. The molecule has 0 spiro atoms. The van der Waals surface area contributed by atoms with Crippen LogP contribution < -0.4 is 0 Å². The Morgan fingerprint density at radius 3 is 2.12 bits per heavy atom. The molecule has 0 aromatic carbocycles. The van der Waals surface area contributed by atoms with E-state index in [9.17, 15) is 5.11 Å². The molecular weight excluding hydrogens is 100 g/mol. The van der Waals surface area contributed by atoms with Gasteiger partial charge in [-0.2, -0.15) is 0 Å². The predicted octanol–water partition coefficient (Wildman–Crippen LogP) is 1.17. The summed E-state index contributed by atoms with van der Waals surface area (Å²) in [6, 6.07) is 0. The minimum Gasteiger partial charge on any atom is -0.390 e. The van der Waals surface area contributed by atoms with Crippen molar-refractivity contribution in [2.45, 2.75) is 31.8 Å². The highest BCUT2D eigenvalue weighted by atomic mass is 16.3. The molecule has 0 amide bonds. The van der Waals surface area contributed by atoms with Crippen LogP contribution in [0.25, 0.3) is 0 Å². The Morgan fingerprint density at radius 1 is 1.38 bits per heavy atom. The van der Waals surface area contributed by atoms with Crippen molar-refractivity contribution in [2.24, 2.45) is 11.8 Å². The minimum atomic E-state index is -0.284. The van der Waals surface area contributed by atoms with Crippen LogP contribution in [0.5, 0.6) is 0 Å². The molecule has 0 aromatic rings. The number of hydrogen-bond donors (Lipinski definition) is 1. The molecule has 2 fully saturated rings. The second-order valence-corrected chi connectivity index (χ2v) is 3.66. The van der Waals surface area contributed by atoms with E-state index in [4.69, 9.17) is 0 Å². The van der Waals surface area contributed by atoms with E-state index in [1.54, 1.807) is 0 Å². The first-order chi connectivity index (χ1) is 3.67. The van der Waals surface area contributed by atoms with Gasteiger partial charge in [0, 0.05) is 0 Å². The van der Waals surface area contributed by atoms with Crippen molar-refractivity contribution in [3.05, 3.63) is 0 Å². The summed E-state index contributed by atoms with van der Waals surface area (Å²) in [7, 11) is 0. The highest BCUT2D eigenvalue weighted by Crippen LogP contribution is 2.55. The van der Waals surface area contributed by atoms with Crippen molar-refractivity contribution >= 4 is 0 Å². The van der Waals surface area contributed by atoms with Gasteiger partial charge in [-0.25, -0.2) is 0 Å². The molecule has 1 N–H and O–H groups in total. The Labute approximate surface area is 49.7 Å². The molecular formula is C7H12O. The van der Waals surface area contributed by atoms with Crippen LogP contribution >= 0.6 is 0 Å². The SMILES string of the molecule is CC1(O)C[C@H]2C[C@H]2C1. The highest BCUT2D eigenvalue weighted by Gasteiger charge is 2.50. The van der Waals surface area contributed by atoms with Crippen molar-refractivity contribution in [3.63, 3.8) is 0 Å². The first-order valence-electron chi connectivity index (χ1n) is 3.40. The van der Waals surface area contributed by atoms with E-state index in [-0.39, 0.29) is 5.60 Å². The Bertz CT molecular complexity index is 106. The Kier molecular flexibility index (Phi) is 0.663. The summed E-state index contributed by atoms with van der Waals surface area (Å²) in [6.45, 7) is 1.96. The molecule has 1 heteroatoms. The summed E-state index contributed by atoms with van der Waals surface area (Å²) in [5.41, 5.74) is -0.284. The second-order valence-electron chi connectivity index (χ2n) is 3.66. The molecule has 2 rings (SSSR count). The maximum absolute atomic E-state index is 9.40. The van der Waals surface area contributed by atoms with Crippen molar-refractivity contribution in [2.75, 3.05) is 0 Å². The molecule has 0 saturated heterocycles. The number of rotatable bonds is 0. The lowest BCUT2D eigenvalue weighted by molar-refractivity contribution is 0.0548. The van der Waals surface area contributed by atoms with Gasteiger partial charge in [0.25, 0.3) is 0 Å². The van der Waals surface area contributed by atoms with Gasteiger partial charge in [-0.15, -0.1) is 0 Å². The van der Waals surface area contributed by atoms with Crippen LogP contribution in [0.15, 0.2) is 0 Å². The van der Waals surface area contributed by atoms with Crippen molar-refractivity contribution in [1.29, 1.82) is 0 Å². The van der Waals surface area contributed by atoms with Crippen LogP contribution in [0.4, 0.5) is 0 Å². The molecule has 1 unspecified atom stereocenters. The second kappa shape index (κ2) is 1.10. The summed E-state index contributed by atoms with van der Waals surface area (Å²) in [5.74, 6) is 1.81. The third kappa shape index (κ3) is 0.576. The van der Waals surface area contributed by atoms with E-state index in [0.717, 1.165) is 24.7 Å². The van der Waals surface area contributed by atoms with Crippen LogP contribution in [0, 0.1) is 11.8 Å². The van der Waals surface area contributed by atoms with Crippen LogP contribution in [0.2, 0.25) is 0 Å². The summed E-state index contributed by atoms with van der Waals surface area (Å²) in [5, 5.41) is 9.40. The van der Waals surface area contributed by atoms with E-state index < -0.39 is 0 Å². The van der Waals surface area contributed by atoms with Gasteiger partial charge in [0.1, 0.15) is 0 Å². The smallest absolute Gasteiger partial charge is 0.0625 e. The average Bonchev–Trinajstić information content (AvgIpc) is 2.11. The monoisotopic (exact) mass is 112 g/mol. The Hall–Kier alpha value is -0.0400. The lowest BCUT2D eigenvalue weighted by Gasteiger charge is -2.16. The fourth-order valence-electron chi connectivity index (χ4n) is 2.02. The van der Waals surface area contributed by atoms with Gasteiger partial charge in [0.05, 0.1) is 5.60 Å². The molecule has 46 valence electrons. The Morgan fingerprint density at radius 2 is 1.88 bits per heavy atom. The zero-order chi connectivity index (χ0) is 5.78. The molecule has 8 heavy (non-hydrogen) atoms. The molecule has 3 atom stereocenters. The summed E-state index contributed by atoms with van der Waals surface area (Å²) < 4.78 is 0. The molecule has 1 nitrogen and oxygen atoms in total. The molecule has 0 heterocycles. The van der Waals surface area contributed by atoms with Gasteiger partial charge in [-0.1, -0.05) is 0 Å². The minimum absolute atomic E-state index is 0.284. The van der Waals surface area contributed by atoms with E-state index in [1.807, 2.05) is 6.92 Å². The summed E-state index contributed by atoms with van der Waals surface area (Å²) >= 11 is 0. The first kappa shape index (κ1) is 4.80. The predicted molar refractivity (Wildman–Crippen MR) is 31.5 cm³/mol. The normalized spacial score (nSPS) is 60.8. The summed E-state index contributed by atoms with van der Waals surface area (Å²) in [6.07, 6.45) is 3.53. The number of fused-ring (bicyclic) bond motifs is 1. The molecule has 2 aliphatic carbocycles. The number of aliphatic hydroxyl groups is 1. The van der Waals surface area contributed by atoms with E-state index >= 15 is 0 Å². The maximum atomic E-state index is 9.40. The third-order valence-electron chi connectivity index (χ3n) is 2.47. The van der Waals surface area contributed by atoms with Gasteiger partial charge >= 0.3 is 0 Å². The molecule has 0 aromatic heterocycles. The van der Waals surface area contributed by atoms with E-state index in [1.165, 1.54) is 6.42 Å². The topological polar surface area (TPSA) is 20.2 Å². The molecule has 0 aliphatic heterocycles. The Balaban J connectivity index is 2.08. The maximum Gasteiger partial charge on any atom is 0.0625 e. The van der Waals surface area contributed by atoms with Crippen LogP contribution in [0.1, 0.15) is 26.2 Å². The molecule has 0 bridgehead atoms. The standard InChI is InChI=1S/C7H12O/c1-7(8)3-5-2-6(5)4-7/h5-6,8H,2-4H2,1H3/t5-,6+,7?. The van der Waals surface area contributed by atoms with Crippen LogP contribution in [-0.2, 0) is 0 Å². The lowest BCUT2D eigenvalue weighted by atomic mass is 10.0.